The number of hydrogen-bond acceptors (Lipinski definition) is 4. The molecule has 2 N–H and O–H groups in total. The lowest BCUT2D eigenvalue weighted by Crippen LogP contribution is -2.60. The molecule has 0 aromatic carbocycles. The molecule has 0 aromatic heterocycles. The molecular weight excluding hydrogens is 246 g/mol. The van der Waals surface area contributed by atoms with Gasteiger partial charge in [0, 0.05) is 19.8 Å². The first-order valence-electron chi connectivity index (χ1n) is 7.34. The van der Waals surface area contributed by atoms with E-state index in [1.165, 1.54) is 19.3 Å². The van der Waals surface area contributed by atoms with E-state index in [-0.39, 0.29) is 5.67 Å². The molecule has 110 valence electrons. The van der Waals surface area contributed by atoms with Crippen LogP contribution in [0.5, 0.6) is 0 Å². The molecule has 0 aromatic rings. The van der Waals surface area contributed by atoms with E-state index in [1.54, 1.807) is 0 Å². The molecule has 0 aliphatic carbocycles. The summed E-state index contributed by atoms with van der Waals surface area (Å²) in [5.74, 6) is 0. The summed E-state index contributed by atoms with van der Waals surface area (Å²) in [5, 5.41) is 0. The molecule has 4 nitrogen and oxygen atoms in total. The van der Waals surface area contributed by atoms with Gasteiger partial charge in [0.2, 0.25) is 0 Å². The minimum absolute atomic E-state index is 0.103. The lowest BCUT2D eigenvalue weighted by Gasteiger charge is -2.33. The molecule has 18 heavy (non-hydrogen) atoms. The second-order valence-corrected chi connectivity index (χ2v) is 7.17. The van der Waals surface area contributed by atoms with Crippen molar-refractivity contribution < 1.29 is 13.3 Å². The monoisotopic (exact) mass is 277 g/mol. The zero-order valence-corrected chi connectivity index (χ0v) is 13.5. The Morgan fingerprint density at radius 3 is 1.72 bits per heavy atom. The summed E-state index contributed by atoms with van der Waals surface area (Å²) in [6.07, 6.45) is 5.77. The minimum atomic E-state index is -2.68. The molecule has 0 fully saturated rings. The topological polar surface area (TPSA) is 53.7 Å². The standard InChI is InChI=1S/C13H31NO3Si/c1-5-9-10-11-12-13(14)18(15-6-2,16-7-3)17-8-4/h13H,5-12,14H2,1-4H3. The average molecular weight is 277 g/mol. The number of nitrogens with two attached hydrogens (primary N) is 1. The molecule has 0 amide bonds. The van der Waals surface area contributed by atoms with Crippen molar-refractivity contribution in [1.29, 1.82) is 0 Å². The van der Waals surface area contributed by atoms with Crippen molar-refractivity contribution in [1.82, 2.24) is 0 Å². The molecule has 1 atom stereocenters. The smallest absolute Gasteiger partial charge is 0.373 e. The van der Waals surface area contributed by atoms with Crippen LogP contribution in [0.2, 0.25) is 0 Å². The molecule has 1 unspecified atom stereocenters. The quantitative estimate of drug-likeness (QED) is 0.440. The van der Waals surface area contributed by atoms with Crippen molar-refractivity contribution in [3.8, 4) is 0 Å². The van der Waals surface area contributed by atoms with Crippen molar-refractivity contribution in [2.24, 2.45) is 5.73 Å². The van der Waals surface area contributed by atoms with E-state index in [0.717, 1.165) is 12.8 Å². The van der Waals surface area contributed by atoms with Gasteiger partial charge in [-0.1, -0.05) is 32.6 Å². The highest BCUT2D eigenvalue weighted by atomic mass is 28.4. The Balaban J connectivity index is 4.39. The van der Waals surface area contributed by atoms with Crippen LogP contribution in [0.15, 0.2) is 0 Å². The summed E-state index contributed by atoms with van der Waals surface area (Å²) in [7, 11) is -2.68. The molecule has 0 aliphatic heterocycles. The maximum Gasteiger partial charge on any atom is 0.518 e. The van der Waals surface area contributed by atoms with Crippen LogP contribution in [0.1, 0.15) is 59.8 Å². The summed E-state index contributed by atoms with van der Waals surface area (Å²) in [5.41, 5.74) is 6.18. The molecule has 0 aliphatic rings. The minimum Gasteiger partial charge on any atom is -0.373 e. The normalized spacial score (nSPS) is 13.8. The van der Waals surface area contributed by atoms with Crippen LogP contribution in [-0.4, -0.2) is 34.3 Å². The molecule has 0 heterocycles. The van der Waals surface area contributed by atoms with Gasteiger partial charge >= 0.3 is 8.80 Å². The first-order chi connectivity index (χ1) is 8.66. The van der Waals surface area contributed by atoms with Gasteiger partial charge < -0.3 is 19.0 Å². The lowest BCUT2D eigenvalue weighted by molar-refractivity contribution is 0.0610. The fraction of sp³-hybridized carbons (Fsp3) is 1.00. The Labute approximate surface area is 114 Å². The summed E-state index contributed by atoms with van der Waals surface area (Å²) in [6.45, 7) is 9.87. The highest BCUT2D eigenvalue weighted by Crippen LogP contribution is 2.18. The number of rotatable bonds is 12. The summed E-state index contributed by atoms with van der Waals surface area (Å²) < 4.78 is 17.4. The molecule has 0 bridgehead atoms. The highest BCUT2D eigenvalue weighted by molar-refractivity contribution is 6.62. The van der Waals surface area contributed by atoms with E-state index in [0.29, 0.717) is 19.8 Å². The van der Waals surface area contributed by atoms with Gasteiger partial charge in [0.1, 0.15) is 0 Å². The Bertz CT molecular complexity index is 176. The average Bonchev–Trinajstić information content (AvgIpc) is 2.35. The van der Waals surface area contributed by atoms with E-state index in [9.17, 15) is 0 Å². The molecule has 0 radical (unpaired) electrons. The first-order valence-corrected chi connectivity index (χ1v) is 9.14. The third-order valence-corrected chi connectivity index (χ3v) is 6.13. The van der Waals surface area contributed by atoms with Crippen LogP contribution < -0.4 is 5.73 Å². The van der Waals surface area contributed by atoms with Gasteiger partial charge in [-0.05, 0) is 27.2 Å². The molecule has 5 heteroatoms. The van der Waals surface area contributed by atoms with Crippen LogP contribution in [-0.2, 0) is 13.3 Å². The molecule has 0 saturated carbocycles. The van der Waals surface area contributed by atoms with E-state index in [1.807, 2.05) is 20.8 Å². The predicted octanol–water partition coefficient (Wildman–Crippen LogP) is 2.87. The van der Waals surface area contributed by atoms with Crippen LogP contribution in [0.25, 0.3) is 0 Å². The largest absolute Gasteiger partial charge is 0.518 e. The van der Waals surface area contributed by atoms with E-state index < -0.39 is 8.80 Å². The maximum atomic E-state index is 6.28. The molecule has 0 spiro atoms. The summed E-state index contributed by atoms with van der Waals surface area (Å²) in [6, 6.07) is 0. The predicted molar refractivity (Wildman–Crippen MR) is 77.4 cm³/mol. The Kier molecular flexibility index (Phi) is 11.0. The number of hydrogen-bond donors (Lipinski definition) is 1. The van der Waals surface area contributed by atoms with Crippen molar-refractivity contribution in [3.05, 3.63) is 0 Å². The fourth-order valence-electron chi connectivity index (χ4n) is 2.02. The zero-order valence-electron chi connectivity index (χ0n) is 12.5. The molecule has 0 saturated heterocycles. The lowest BCUT2D eigenvalue weighted by atomic mass is 10.1. The van der Waals surface area contributed by atoms with Crippen molar-refractivity contribution in [2.45, 2.75) is 65.5 Å². The van der Waals surface area contributed by atoms with E-state index in [4.69, 9.17) is 19.0 Å². The van der Waals surface area contributed by atoms with Gasteiger partial charge in [-0.2, -0.15) is 0 Å². The van der Waals surface area contributed by atoms with Crippen LogP contribution in [0.3, 0.4) is 0 Å². The second kappa shape index (κ2) is 10.9. The van der Waals surface area contributed by atoms with Gasteiger partial charge in [-0.15, -0.1) is 0 Å². The SMILES string of the molecule is CCCCCCC(N)[Si](OCC)(OCC)OCC. The van der Waals surface area contributed by atoms with Crippen molar-refractivity contribution >= 4 is 8.80 Å². The van der Waals surface area contributed by atoms with Crippen LogP contribution in [0.4, 0.5) is 0 Å². The third kappa shape index (κ3) is 6.29. The highest BCUT2D eigenvalue weighted by Gasteiger charge is 2.46. The van der Waals surface area contributed by atoms with Gasteiger partial charge in [-0.3, -0.25) is 0 Å². The second-order valence-electron chi connectivity index (χ2n) is 4.36. The zero-order chi connectivity index (χ0) is 13.9. The van der Waals surface area contributed by atoms with E-state index >= 15 is 0 Å². The fourth-order valence-corrected chi connectivity index (χ4v) is 4.67. The van der Waals surface area contributed by atoms with Gasteiger partial charge in [-0.25, -0.2) is 0 Å². The van der Waals surface area contributed by atoms with Gasteiger partial charge in [0.25, 0.3) is 0 Å². The number of unbranched alkanes of at least 4 members (excludes halogenated alkanes) is 3. The molecular formula is C13H31NO3Si. The molecule has 0 rings (SSSR count). The Hall–Kier alpha value is 0.0569. The van der Waals surface area contributed by atoms with Crippen LogP contribution in [0, 0.1) is 0 Å². The van der Waals surface area contributed by atoms with Crippen LogP contribution >= 0.6 is 0 Å². The summed E-state index contributed by atoms with van der Waals surface area (Å²) >= 11 is 0. The Morgan fingerprint density at radius 1 is 0.833 bits per heavy atom. The van der Waals surface area contributed by atoms with E-state index in [2.05, 4.69) is 6.92 Å². The summed E-state index contributed by atoms with van der Waals surface area (Å²) in [4.78, 5) is 0. The van der Waals surface area contributed by atoms with Gasteiger partial charge in [0.15, 0.2) is 0 Å². The van der Waals surface area contributed by atoms with Crippen molar-refractivity contribution in [2.75, 3.05) is 19.8 Å². The van der Waals surface area contributed by atoms with Gasteiger partial charge in [0.05, 0.1) is 5.67 Å². The first kappa shape index (κ1) is 18.1. The Morgan fingerprint density at radius 2 is 1.33 bits per heavy atom. The maximum absolute atomic E-state index is 6.28. The van der Waals surface area contributed by atoms with Crippen molar-refractivity contribution in [3.63, 3.8) is 0 Å². The third-order valence-electron chi connectivity index (χ3n) is 2.86.